The highest BCUT2D eigenvalue weighted by Crippen LogP contribution is 2.34. The number of rotatable bonds is 4. The monoisotopic (exact) mass is 347 g/mol. The molecule has 0 fully saturated rings. The van der Waals surface area contributed by atoms with Crippen LogP contribution in [0.5, 0.6) is 11.5 Å². The molecule has 0 radical (unpaired) electrons. The third-order valence-corrected chi connectivity index (χ3v) is 4.20. The quantitative estimate of drug-likeness (QED) is 0.802. The number of ether oxygens (including phenoxy) is 2. The smallest absolute Gasteiger partial charge is 0.252 e. The maximum absolute atomic E-state index is 12.3. The SMILES string of the molecule is CSc1nc2n(n1)C(CC(=O)Nc1ccc3c(c1)OCO3)C(=O)N2. The van der Waals surface area contributed by atoms with Crippen molar-refractivity contribution in [1.29, 1.82) is 0 Å². The topological polar surface area (TPSA) is 107 Å². The van der Waals surface area contributed by atoms with Crippen LogP contribution in [0.25, 0.3) is 0 Å². The van der Waals surface area contributed by atoms with E-state index in [0.29, 0.717) is 28.3 Å². The van der Waals surface area contributed by atoms with Gasteiger partial charge in [0.2, 0.25) is 23.8 Å². The van der Waals surface area contributed by atoms with Crippen molar-refractivity contribution in [3.05, 3.63) is 18.2 Å². The number of fused-ring (bicyclic) bond motifs is 2. The molecule has 9 nitrogen and oxygen atoms in total. The highest BCUT2D eigenvalue weighted by atomic mass is 32.2. The van der Waals surface area contributed by atoms with Gasteiger partial charge in [-0.25, -0.2) is 4.68 Å². The zero-order valence-electron chi connectivity index (χ0n) is 12.6. The average Bonchev–Trinajstić information content (AvgIpc) is 3.23. The predicted molar refractivity (Wildman–Crippen MR) is 85.3 cm³/mol. The van der Waals surface area contributed by atoms with Crippen LogP contribution in [-0.2, 0) is 9.59 Å². The standard InChI is InChI=1S/C14H13N5O4S/c1-24-14-17-13-16-12(21)8(19(13)18-14)5-11(20)15-7-2-3-9-10(4-7)23-6-22-9/h2-4,8H,5-6H2,1H3,(H,15,20)(H,16,17,18,21). The van der Waals surface area contributed by atoms with Crippen molar-refractivity contribution in [1.82, 2.24) is 14.8 Å². The lowest BCUT2D eigenvalue weighted by molar-refractivity contribution is -0.123. The van der Waals surface area contributed by atoms with Gasteiger partial charge < -0.3 is 14.8 Å². The summed E-state index contributed by atoms with van der Waals surface area (Å²) in [6.45, 7) is 0.168. The van der Waals surface area contributed by atoms with Gasteiger partial charge in [0.15, 0.2) is 11.5 Å². The maximum Gasteiger partial charge on any atom is 0.252 e. The zero-order valence-corrected chi connectivity index (χ0v) is 13.4. The molecule has 1 aromatic carbocycles. The van der Waals surface area contributed by atoms with Gasteiger partial charge in [-0.3, -0.25) is 14.9 Å². The Hall–Kier alpha value is -2.75. The normalized spacial score (nSPS) is 17.5. The molecule has 0 aliphatic carbocycles. The number of carbonyl (C=O) groups is 2. The molecule has 1 atom stereocenters. The molecular weight excluding hydrogens is 334 g/mol. The molecule has 1 unspecified atom stereocenters. The first-order chi connectivity index (χ1) is 11.6. The summed E-state index contributed by atoms with van der Waals surface area (Å²) in [6, 6.07) is 4.41. The number of hydrogen-bond acceptors (Lipinski definition) is 7. The molecule has 2 aliphatic rings. The zero-order chi connectivity index (χ0) is 16.7. The molecule has 0 bridgehead atoms. The second kappa shape index (κ2) is 5.71. The summed E-state index contributed by atoms with van der Waals surface area (Å²) in [5, 5.41) is 10.1. The van der Waals surface area contributed by atoms with E-state index in [4.69, 9.17) is 9.47 Å². The second-order valence-corrected chi connectivity index (χ2v) is 5.97. The van der Waals surface area contributed by atoms with Crippen LogP contribution in [-0.4, -0.2) is 39.6 Å². The van der Waals surface area contributed by atoms with E-state index in [-0.39, 0.29) is 25.0 Å². The van der Waals surface area contributed by atoms with Gasteiger partial charge in [0.25, 0.3) is 5.91 Å². The minimum atomic E-state index is -0.706. The molecule has 3 heterocycles. The first-order valence-corrected chi connectivity index (χ1v) is 8.37. The number of thioether (sulfide) groups is 1. The fourth-order valence-electron chi connectivity index (χ4n) is 2.54. The van der Waals surface area contributed by atoms with Crippen LogP contribution in [0.2, 0.25) is 0 Å². The minimum Gasteiger partial charge on any atom is -0.454 e. The van der Waals surface area contributed by atoms with Crippen molar-refractivity contribution in [2.75, 3.05) is 23.7 Å². The van der Waals surface area contributed by atoms with Crippen molar-refractivity contribution in [3.63, 3.8) is 0 Å². The Morgan fingerprint density at radius 1 is 1.46 bits per heavy atom. The van der Waals surface area contributed by atoms with E-state index < -0.39 is 6.04 Å². The van der Waals surface area contributed by atoms with Gasteiger partial charge in [-0.15, -0.1) is 5.10 Å². The van der Waals surface area contributed by atoms with Crippen LogP contribution in [0.3, 0.4) is 0 Å². The fourth-order valence-corrected chi connectivity index (χ4v) is 2.89. The van der Waals surface area contributed by atoms with Gasteiger partial charge in [-0.1, -0.05) is 11.8 Å². The minimum absolute atomic E-state index is 0.0372. The predicted octanol–water partition coefficient (Wildman–Crippen LogP) is 1.25. The average molecular weight is 347 g/mol. The summed E-state index contributed by atoms with van der Waals surface area (Å²) in [6.07, 6.45) is 1.80. The lowest BCUT2D eigenvalue weighted by Gasteiger charge is -2.10. The fraction of sp³-hybridized carbons (Fsp3) is 0.286. The molecule has 4 rings (SSSR count). The van der Waals surface area contributed by atoms with E-state index in [1.54, 1.807) is 18.2 Å². The number of carbonyl (C=O) groups excluding carboxylic acids is 2. The number of nitrogens with zero attached hydrogens (tertiary/aromatic N) is 3. The Balaban J connectivity index is 1.46. The lowest BCUT2D eigenvalue weighted by Crippen LogP contribution is -2.23. The molecule has 0 spiro atoms. The van der Waals surface area contributed by atoms with E-state index >= 15 is 0 Å². The van der Waals surface area contributed by atoms with Crippen LogP contribution in [0.1, 0.15) is 12.5 Å². The number of nitrogens with one attached hydrogen (secondary N) is 2. The molecule has 124 valence electrons. The summed E-state index contributed by atoms with van der Waals surface area (Å²) in [7, 11) is 0. The Morgan fingerprint density at radius 3 is 3.12 bits per heavy atom. The summed E-state index contributed by atoms with van der Waals surface area (Å²) < 4.78 is 11.9. The van der Waals surface area contributed by atoms with Crippen LogP contribution >= 0.6 is 11.8 Å². The van der Waals surface area contributed by atoms with Crippen molar-refractivity contribution in [2.45, 2.75) is 17.6 Å². The lowest BCUT2D eigenvalue weighted by atomic mass is 10.2. The van der Waals surface area contributed by atoms with E-state index in [0.717, 1.165) is 0 Å². The third kappa shape index (κ3) is 2.54. The van der Waals surface area contributed by atoms with Gasteiger partial charge in [-0.05, 0) is 18.4 Å². The van der Waals surface area contributed by atoms with E-state index in [1.165, 1.54) is 16.4 Å². The molecule has 2 amide bonds. The Kier molecular flexibility index (Phi) is 3.53. The Bertz CT molecular complexity index is 837. The Labute approximate surface area is 140 Å². The Morgan fingerprint density at radius 2 is 2.29 bits per heavy atom. The van der Waals surface area contributed by atoms with Gasteiger partial charge in [0.1, 0.15) is 6.04 Å². The number of benzene rings is 1. The largest absolute Gasteiger partial charge is 0.454 e. The molecule has 1 aromatic heterocycles. The van der Waals surface area contributed by atoms with Gasteiger partial charge in [-0.2, -0.15) is 4.98 Å². The van der Waals surface area contributed by atoms with Gasteiger partial charge in [0.05, 0.1) is 6.42 Å². The van der Waals surface area contributed by atoms with Crippen LogP contribution < -0.4 is 20.1 Å². The van der Waals surface area contributed by atoms with Crippen molar-refractivity contribution < 1.29 is 19.1 Å². The molecule has 2 aliphatic heterocycles. The highest BCUT2D eigenvalue weighted by molar-refractivity contribution is 7.98. The number of amides is 2. The van der Waals surface area contributed by atoms with Crippen molar-refractivity contribution in [3.8, 4) is 11.5 Å². The highest BCUT2D eigenvalue weighted by Gasteiger charge is 2.35. The van der Waals surface area contributed by atoms with E-state index in [2.05, 4.69) is 20.7 Å². The second-order valence-electron chi connectivity index (χ2n) is 5.19. The molecule has 2 N–H and O–H groups in total. The number of anilines is 2. The van der Waals surface area contributed by atoms with Gasteiger partial charge >= 0.3 is 0 Å². The third-order valence-electron chi connectivity index (χ3n) is 3.66. The number of hydrogen-bond donors (Lipinski definition) is 2. The number of aromatic nitrogens is 3. The molecule has 0 saturated heterocycles. The molecular formula is C14H13N5O4S. The van der Waals surface area contributed by atoms with Crippen LogP contribution in [0.4, 0.5) is 11.6 Å². The van der Waals surface area contributed by atoms with Crippen molar-refractivity contribution >= 4 is 35.2 Å². The van der Waals surface area contributed by atoms with E-state index in [1.807, 2.05) is 6.26 Å². The van der Waals surface area contributed by atoms with Crippen LogP contribution in [0, 0.1) is 0 Å². The molecule has 2 aromatic rings. The summed E-state index contributed by atoms with van der Waals surface area (Å²) in [5.41, 5.74) is 0.575. The summed E-state index contributed by atoms with van der Waals surface area (Å²) in [5.74, 6) is 0.987. The van der Waals surface area contributed by atoms with E-state index in [9.17, 15) is 9.59 Å². The summed E-state index contributed by atoms with van der Waals surface area (Å²) >= 11 is 1.37. The first kappa shape index (κ1) is 14.8. The summed E-state index contributed by atoms with van der Waals surface area (Å²) in [4.78, 5) is 28.4. The molecule has 0 saturated carbocycles. The van der Waals surface area contributed by atoms with Gasteiger partial charge in [0, 0.05) is 11.8 Å². The van der Waals surface area contributed by atoms with Crippen molar-refractivity contribution in [2.24, 2.45) is 0 Å². The molecule has 24 heavy (non-hydrogen) atoms. The first-order valence-electron chi connectivity index (χ1n) is 7.15. The maximum atomic E-state index is 12.3. The van der Waals surface area contributed by atoms with Crippen LogP contribution in [0.15, 0.2) is 23.4 Å². The molecule has 10 heteroatoms.